The summed E-state index contributed by atoms with van der Waals surface area (Å²) >= 11 is 0. The van der Waals surface area contributed by atoms with Crippen LogP contribution in [0.25, 0.3) is 0 Å². The predicted octanol–water partition coefficient (Wildman–Crippen LogP) is 4.03. The lowest BCUT2D eigenvalue weighted by Gasteiger charge is -2.23. The number of anilines is 1. The molecule has 0 bridgehead atoms. The van der Waals surface area contributed by atoms with E-state index in [0.717, 1.165) is 12.8 Å². The summed E-state index contributed by atoms with van der Waals surface area (Å²) in [6.45, 7) is 2.55. The van der Waals surface area contributed by atoms with Gasteiger partial charge in [-0.3, -0.25) is 9.10 Å². The summed E-state index contributed by atoms with van der Waals surface area (Å²) in [5.74, 6) is 0.224. The van der Waals surface area contributed by atoms with E-state index in [1.165, 1.54) is 22.0 Å². The number of hydrogen-bond donors (Lipinski definition) is 1. The molecule has 0 saturated carbocycles. The second kappa shape index (κ2) is 11.3. The van der Waals surface area contributed by atoms with Crippen molar-refractivity contribution in [3.63, 3.8) is 0 Å². The molecule has 3 rings (SSSR count). The number of aryl methyl sites for hydroxylation is 1. The molecule has 0 atom stereocenters. The van der Waals surface area contributed by atoms with Gasteiger partial charge < -0.3 is 10.1 Å². The van der Waals surface area contributed by atoms with E-state index in [-0.39, 0.29) is 17.4 Å². The minimum Gasteiger partial charge on any atom is -0.484 e. The highest BCUT2D eigenvalue weighted by Gasteiger charge is 2.23. The van der Waals surface area contributed by atoms with Gasteiger partial charge in [-0.2, -0.15) is 0 Å². The van der Waals surface area contributed by atoms with Crippen molar-refractivity contribution in [1.82, 2.24) is 5.32 Å². The lowest BCUT2D eigenvalue weighted by atomic mass is 10.1. The minimum atomic E-state index is -3.69. The Bertz CT molecular complexity index is 1090. The average molecular weight is 453 g/mol. The van der Waals surface area contributed by atoms with Crippen LogP contribution in [0.5, 0.6) is 5.75 Å². The van der Waals surface area contributed by atoms with E-state index in [2.05, 4.69) is 17.4 Å². The number of sulfonamides is 1. The fraction of sp³-hybridized carbons (Fsp3) is 0.240. The summed E-state index contributed by atoms with van der Waals surface area (Å²) in [5.41, 5.74) is 1.85. The van der Waals surface area contributed by atoms with Crippen molar-refractivity contribution < 1.29 is 17.9 Å². The third-order valence-corrected chi connectivity index (χ3v) is 6.84. The SMILES string of the molecule is CCN(c1ccccc1)S(=O)(=O)c1ccc(OCC(=O)NCCCc2ccccc2)cc1. The van der Waals surface area contributed by atoms with Crippen molar-refractivity contribution in [2.75, 3.05) is 24.0 Å². The predicted molar refractivity (Wildman–Crippen MR) is 126 cm³/mol. The normalized spacial score (nSPS) is 11.0. The molecule has 0 spiro atoms. The molecule has 0 aliphatic heterocycles. The lowest BCUT2D eigenvalue weighted by Crippen LogP contribution is -2.30. The van der Waals surface area contributed by atoms with Crippen molar-refractivity contribution in [3.8, 4) is 5.75 Å². The molecule has 3 aromatic carbocycles. The van der Waals surface area contributed by atoms with Crippen LogP contribution in [0.15, 0.2) is 89.8 Å². The Morgan fingerprint density at radius 2 is 1.53 bits per heavy atom. The van der Waals surface area contributed by atoms with Gasteiger partial charge in [0.1, 0.15) is 5.75 Å². The zero-order valence-electron chi connectivity index (χ0n) is 18.1. The van der Waals surface area contributed by atoms with Crippen LogP contribution < -0.4 is 14.4 Å². The molecule has 0 fully saturated rings. The first-order valence-corrected chi connectivity index (χ1v) is 12.1. The molecule has 168 valence electrons. The van der Waals surface area contributed by atoms with E-state index in [9.17, 15) is 13.2 Å². The number of hydrogen-bond acceptors (Lipinski definition) is 4. The third kappa shape index (κ3) is 6.34. The first-order chi connectivity index (χ1) is 15.5. The Balaban J connectivity index is 1.49. The van der Waals surface area contributed by atoms with E-state index in [1.807, 2.05) is 24.3 Å². The molecule has 0 aromatic heterocycles. The van der Waals surface area contributed by atoms with Crippen LogP contribution in [-0.2, 0) is 21.2 Å². The van der Waals surface area contributed by atoms with Crippen molar-refractivity contribution in [2.45, 2.75) is 24.7 Å². The van der Waals surface area contributed by atoms with E-state index in [4.69, 9.17) is 4.74 Å². The van der Waals surface area contributed by atoms with Gasteiger partial charge in [0.25, 0.3) is 15.9 Å². The number of carbonyl (C=O) groups is 1. The summed E-state index contributed by atoms with van der Waals surface area (Å²) in [7, 11) is -3.69. The smallest absolute Gasteiger partial charge is 0.264 e. The molecule has 0 unspecified atom stereocenters. The number of benzene rings is 3. The molecular weight excluding hydrogens is 424 g/mol. The van der Waals surface area contributed by atoms with E-state index < -0.39 is 10.0 Å². The Morgan fingerprint density at radius 3 is 2.16 bits per heavy atom. The number of ether oxygens (including phenoxy) is 1. The molecule has 1 N–H and O–H groups in total. The Labute approximate surface area is 189 Å². The first kappa shape index (κ1) is 23.3. The summed E-state index contributed by atoms with van der Waals surface area (Å²) in [5, 5.41) is 2.83. The average Bonchev–Trinajstić information content (AvgIpc) is 2.82. The third-order valence-electron chi connectivity index (χ3n) is 4.92. The van der Waals surface area contributed by atoms with Crippen molar-refractivity contribution in [2.24, 2.45) is 0 Å². The zero-order chi connectivity index (χ0) is 22.8. The van der Waals surface area contributed by atoms with Crippen LogP contribution in [0.3, 0.4) is 0 Å². The summed E-state index contributed by atoms with van der Waals surface area (Å²) in [4.78, 5) is 12.2. The molecule has 0 aliphatic rings. The van der Waals surface area contributed by atoms with Crippen molar-refractivity contribution >= 4 is 21.6 Å². The van der Waals surface area contributed by atoms with Gasteiger partial charge in [0, 0.05) is 13.1 Å². The van der Waals surface area contributed by atoms with Crippen LogP contribution in [0.2, 0.25) is 0 Å². The maximum atomic E-state index is 13.0. The van der Waals surface area contributed by atoms with Gasteiger partial charge in [0.15, 0.2) is 6.61 Å². The molecule has 0 radical (unpaired) electrons. The number of nitrogens with zero attached hydrogens (tertiary/aromatic N) is 1. The maximum Gasteiger partial charge on any atom is 0.264 e. The summed E-state index contributed by atoms with van der Waals surface area (Å²) < 4.78 is 32.9. The number of para-hydroxylation sites is 1. The van der Waals surface area contributed by atoms with Crippen LogP contribution in [0, 0.1) is 0 Å². The second-order valence-corrected chi connectivity index (χ2v) is 9.07. The molecule has 0 heterocycles. The summed E-state index contributed by atoms with van der Waals surface area (Å²) in [6, 6.07) is 25.2. The van der Waals surface area contributed by atoms with Gasteiger partial charge in [0.05, 0.1) is 10.6 Å². The van der Waals surface area contributed by atoms with Crippen LogP contribution in [0.1, 0.15) is 18.9 Å². The number of nitrogens with one attached hydrogen (secondary N) is 1. The van der Waals surface area contributed by atoms with E-state index >= 15 is 0 Å². The minimum absolute atomic E-state index is 0.122. The molecule has 0 saturated heterocycles. The van der Waals surface area contributed by atoms with Crippen LogP contribution in [-0.4, -0.2) is 34.0 Å². The fourth-order valence-corrected chi connectivity index (χ4v) is 4.76. The van der Waals surface area contributed by atoms with E-state index in [1.54, 1.807) is 43.3 Å². The quantitative estimate of drug-likeness (QED) is 0.446. The van der Waals surface area contributed by atoms with Gasteiger partial charge in [0.2, 0.25) is 0 Å². The largest absolute Gasteiger partial charge is 0.484 e. The molecule has 1 amide bonds. The standard InChI is InChI=1S/C25H28N2O4S/c1-2-27(22-13-7-4-8-14-22)32(29,30)24-17-15-23(16-18-24)31-20-25(28)26-19-9-12-21-10-5-3-6-11-21/h3-8,10-11,13-18H,2,9,12,19-20H2,1H3,(H,26,28). The van der Waals surface area contributed by atoms with E-state index in [0.29, 0.717) is 24.5 Å². The molecule has 32 heavy (non-hydrogen) atoms. The summed E-state index contributed by atoms with van der Waals surface area (Å²) in [6.07, 6.45) is 1.74. The Kier molecular flexibility index (Phi) is 8.27. The highest BCUT2D eigenvalue weighted by atomic mass is 32.2. The van der Waals surface area contributed by atoms with Gasteiger partial charge in [-0.05, 0) is 61.7 Å². The second-order valence-electron chi connectivity index (χ2n) is 7.20. The monoisotopic (exact) mass is 452 g/mol. The molecular formula is C25H28N2O4S. The van der Waals surface area contributed by atoms with Crippen molar-refractivity contribution in [1.29, 1.82) is 0 Å². The fourth-order valence-electron chi connectivity index (χ4n) is 3.29. The molecule has 6 nitrogen and oxygen atoms in total. The highest BCUT2D eigenvalue weighted by molar-refractivity contribution is 7.92. The number of amides is 1. The van der Waals surface area contributed by atoms with Gasteiger partial charge in [-0.15, -0.1) is 0 Å². The van der Waals surface area contributed by atoms with Gasteiger partial charge in [-0.1, -0.05) is 48.5 Å². The topological polar surface area (TPSA) is 75.7 Å². The molecule has 3 aromatic rings. The highest BCUT2D eigenvalue weighted by Crippen LogP contribution is 2.24. The zero-order valence-corrected chi connectivity index (χ0v) is 18.9. The lowest BCUT2D eigenvalue weighted by molar-refractivity contribution is -0.123. The van der Waals surface area contributed by atoms with Gasteiger partial charge >= 0.3 is 0 Å². The Morgan fingerprint density at radius 1 is 0.906 bits per heavy atom. The maximum absolute atomic E-state index is 13.0. The number of rotatable bonds is 11. The Hall–Kier alpha value is -3.32. The molecule has 0 aliphatic carbocycles. The first-order valence-electron chi connectivity index (χ1n) is 10.6. The molecule has 7 heteroatoms. The van der Waals surface area contributed by atoms with Crippen LogP contribution in [0.4, 0.5) is 5.69 Å². The van der Waals surface area contributed by atoms with Crippen molar-refractivity contribution in [3.05, 3.63) is 90.5 Å². The van der Waals surface area contributed by atoms with Crippen LogP contribution >= 0.6 is 0 Å². The van der Waals surface area contributed by atoms with Gasteiger partial charge in [-0.25, -0.2) is 8.42 Å². The number of carbonyl (C=O) groups excluding carboxylic acids is 1.